The molecule has 148 valence electrons. The Labute approximate surface area is 167 Å². The first-order chi connectivity index (χ1) is 14.1. The second-order valence-corrected chi connectivity index (χ2v) is 6.17. The largest absolute Gasteiger partial charge is 0.467 e. The average Bonchev–Trinajstić information content (AvgIpc) is 3.29. The molecule has 29 heavy (non-hydrogen) atoms. The van der Waals surface area contributed by atoms with Gasteiger partial charge in [0.15, 0.2) is 6.61 Å². The first-order valence-electron chi connectivity index (χ1n) is 8.94. The molecule has 2 amide bonds. The molecular formula is C22H20N2O5. The third-order valence-electron chi connectivity index (χ3n) is 4.22. The number of carbonyl (C=O) groups is 3. The first-order valence-corrected chi connectivity index (χ1v) is 8.94. The van der Waals surface area contributed by atoms with Gasteiger partial charge in [0, 0.05) is 7.05 Å². The van der Waals surface area contributed by atoms with E-state index < -0.39 is 18.5 Å². The number of esters is 1. The van der Waals surface area contributed by atoms with Crippen LogP contribution in [0.4, 0.5) is 5.69 Å². The average molecular weight is 392 g/mol. The van der Waals surface area contributed by atoms with Gasteiger partial charge >= 0.3 is 5.97 Å². The summed E-state index contributed by atoms with van der Waals surface area (Å²) in [6, 6.07) is 18.6. The van der Waals surface area contributed by atoms with E-state index in [4.69, 9.17) is 9.15 Å². The molecule has 1 heterocycles. The highest BCUT2D eigenvalue weighted by molar-refractivity contribution is 6.05. The van der Waals surface area contributed by atoms with E-state index in [0.29, 0.717) is 22.6 Å². The van der Waals surface area contributed by atoms with E-state index in [9.17, 15) is 14.4 Å². The van der Waals surface area contributed by atoms with E-state index in [1.165, 1.54) is 18.2 Å². The van der Waals surface area contributed by atoms with Crippen molar-refractivity contribution in [2.75, 3.05) is 18.6 Å². The predicted molar refractivity (Wildman–Crippen MR) is 106 cm³/mol. The summed E-state index contributed by atoms with van der Waals surface area (Å²) in [5, 5.41) is 2.75. The van der Waals surface area contributed by atoms with Gasteiger partial charge < -0.3 is 19.4 Å². The number of carbonyl (C=O) groups excluding carboxylic acids is 3. The monoisotopic (exact) mass is 392 g/mol. The van der Waals surface area contributed by atoms with E-state index in [1.54, 1.807) is 66.7 Å². The number of nitrogens with one attached hydrogen (secondary N) is 1. The maximum atomic E-state index is 12.6. The normalized spacial score (nSPS) is 10.2. The molecule has 0 fully saturated rings. The van der Waals surface area contributed by atoms with Crippen molar-refractivity contribution in [3.8, 4) is 0 Å². The SMILES string of the molecule is CN(C(=O)COC(=O)c1ccccc1)c1ccccc1C(=O)NCc1ccco1. The molecule has 7 heteroatoms. The van der Waals surface area contributed by atoms with Crippen LogP contribution < -0.4 is 10.2 Å². The van der Waals surface area contributed by atoms with Gasteiger partial charge in [0.25, 0.3) is 11.8 Å². The minimum atomic E-state index is -0.586. The van der Waals surface area contributed by atoms with Crippen LogP contribution in [0.2, 0.25) is 0 Å². The van der Waals surface area contributed by atoms with Gasteiger partial charge in [-0.1, -0.05) is 30.3 Å². The first kappa shape index (κ1) is 19.9. The third-order valence-corrected chi connectivity index (χ3v) is 4.22. The van der Waals surface area contributed by atoms with Crippen molar-refractivity contribution in [2.24, 2.45) is 0 Å². The highest BCUT2D eigenvalue weighted by Crippen LogP contribution is 2.19. The van der Waals surface area contributed by atoms with Gasteiger partial charge in [-0.05, 0) is 36.4 Å². The highest BCUT2D eigenvalue weighted by Gasteiger charge is 2.20. The number of nitrogens with zero attached hydrogens (tertiary/aromatic N) is 1. The Morgan fingerprint density at radius 2 is 1.69 bits per heavy atom. The molecule has 7 nitrogen and oxygen atoms in total. The summed E-state index contributed by atoms with van der Waals surface area (Å²) in [5.74, 6) is -0.775. The maximum Gasteiger partial charge on any atom is 0.338 e. The molecule has 0 spiro atoms. The van der Waals surface area contributed by atoms with Gasteiger partial charge in [-0.3, -0.25) is 9.59 Å². The topological polar surface area (TPSA) is 88.8 Å². The number of anilines is 1. The Kier molecular flexibility index (Phi) is 6.42. The van der Waals surface area contributed by atoms with E-state index in [1.807, 2.05) is 0 Å². The number of likely N-dealkylation sites (N-methyl/N-ethyl adjacent to an activating group) is 1. The molecule has 0 saturated heterocycles. The van der Waals surface area contributed by atoms with Crippen molar-refractivity contribution < 1.29 is 23.5 Å². The van der Waals surface area contributed by atoms with Gasteiger partial charge in [0.05, 0.1) is 29.6 Å². The zero-order valence-corrected chi connectivity index (χ0v) is 15.8. The Balaban J connectivity index is 1.63. The van der Waals surface area contributed by atoms with Crippen molar-refractivity contribution in [3.63, 3.8) is 0 Å². The molecule has 1 N–H and O–H groups in total. The van der Waals surface area contributed by atoms with Gasteiger partial charge in [-0.15, -0.1) is 0 Å². The Hall–Kier alpha value is -3.87. The fourth-order valence-corrected chi connectivity index (χ4v) is 2.65. The summed E-state index contributed by atoms with van der Waals surface area (Å²) in [6.07, 6.45) is 1.53. The number of hydrogen-bond acceptors (Lipinski definition) is 5. The van der Waals surface area contributed by atoms with Gasteiger partial charge in [0.2, 0.25) is 0 Å². The molecule has 0 aliphatic carbocycles. The summed E-state index contributed by atoms with van der Waals surface area (Å²) in [4.78, 5) is 38.4. The molecule has 0 aliphatic heterocycles. The zero-order valence-electron chi connectivity index (χ0n) is 15.8. The van der Waals surface area contributed by atoms with Crippen LogP contribution in [0.15, 0.2) is 77.4 Å². The number of rotatable bonds is 7. The minimum Gasteiger partial charge on any atom is -0.467 e. The summed E-state index contributed by atoms with van der Waals surface area (Å²) in [6.45, 7) is -0.209. The van der Waals surface area contributed by atoms with E-state index in [2.05, 4.69) is 5.32 Å². The van der Waals surface area contributed by atoms with Crippen molar-refractivity contribution in [2.45, 2.75) is 6.54 Å². The molecule has 0 aliphatic rings. The number of para-hydroxylation sites is 1. The molecule has 0 saturated carbocycles. The van der Waals surface area contributed by atoms with Crippen LogP contribution in [0.5, 0.6) is 0 Å². The lowest BCUT2D eigenvalue weighted by molar-refractivity contribution is -0.121. The van der Waals surface area contributed by atoms with E-state index >= 15 is 0 Å². The lowest BCUT2D eigenvalue weighted by Crippen LogP contribution is -2.33. The molecular weight excluding hydrogens is 372 g/mol. The Bertz CT molecular complexity index is 983. The number of amides is 2. The van der Waals surface area contributed by atoms with E-state index in [-0.39, 0.29) is 12.5 Å². The number of benzene rings is 2. The quantitative estimate of drug-likeness (QED) is 0.625. The molecule has 0 atom stereocenters. The molecule has 0 bridgehead atoms. The van der Waals surface area contributed by atoms with Crippen LogP contribution in [0.25, 0.3) is 0 Å². The predicted octanol–water partition coefficient (Wildman–Crippen LogP) is 3.03. The summed E-state index contributed by atoms with van der Waals surface area (Å²) < 4.78 is 10.3. The van der Waals surface area contributed by atoms with Crippen LogP contribution in [0.3, 0.4) is 0 Å². The second-order valence-electron chi connectivity index (χ2n) is 6.17. The number of hydrogen-bond donors (Lipinski definition) is 1. The lowest BCUT2D eigenvalue weighted by Gasteiger charge is -2.20. The Morgan fingerprint density at radius 1 is 0.966 bits per heavy atom. The molecule has 3 aromatic rings. The number of ether oxygens (including phenoxy) is 1. The standard InChI is InChI=1S/C22H20N2O5/c1-24(20(25)15-29-22(27)16-8-3-2-4-9-16)19-12-6-5-11-18(19)21(26)23-14-17-10-7-13-28-17/h2-13H,14-15H2,1H3,(H,23,26). The van der Waals surface area contributed by atoms with Crippen LogP contribution in [0, 0.1) is 0 Å². The fraction of sp³-hybridized carbons (Fsp3) is 0.136. The number of furan rings is 1. The van der Waals surface area contributed by atoms with Crippen molar-refractivity contribution >= 4 is 23.5 Å². The lowest BCUT2D eigenvalue weighted by atomic mass is 10.1. The summed E-state index contributed by atoms with van der Waals surface area (Å²) >= 11 is 0. The molecule has 0 radical (unpaired) electrons. The van der Waals surface area contributed by atoms with Gasteiger partial charge in [0.1, 0.15) is 5.76 Å². The molecule has 3 rings (SSSR count). The van der Waals surface area contributed by atoms with Crippen molar-refractivity contribution in [3.05, 3.63) is 89.9 Å². The fourth-order valence-electron chi connectivity index (χ4n) is 2.65. The molecule has 0 unspecified atom stereocenters. The van der Waals surface area contributed by atoms with Crippen molar-refractivity contribution in [1.29, 1.82) is 0 Å². The van der Waals surface area contributed by atoms with Crippen LogP contribution >= 0.6 is 0 Å². The smallest absolute Gasteiger partial charge is 0.338 e. The molecule has 1 aromatic heterocycles. The van der Waals surface area contributed by atoms with Gasteiger partial charge in [-0.2, -0.15) is 0 Å². The Morgan fingerprint density at radius 3 is 2.41 bits per heavy atom. The third kappa shape index (κ3) is 5.10. The van der Waals surface area contributed by atoms with Crippen LogP contribution in [-0.2, 0) is 16.1 Å². The van der Waals surface area contributed by atoms with Gasteiger partial charge in [-0.25, -0.2) is 4.79 Å². The summed E-state index contributed by atoms with van der Waals surface area (Å²) in [7, 11) is 1.53. The summed E-state index contributed by atoms with van der Waals surface area (Å²) in [5.41, 5.74) is 1.09. The second kappa shape index (κ2) is 9.36. The van der Waals surface area contributed by atoms with Crippen LogP contribution in [-0.4, -0.2) is 31.4 Å². The zero-order chi connectivity index (χ0) is 20.6. The maximum absolute atomic E-state index is 12.6. The van der Waals surface area contributed by atoms with Crippen molar-refractivity contribution in [1.82, 2.24) is 5.32 Å². The van der Waals surface area contributed by atoms with E-state index in [0.717, 1.165) is 0 Å². The highest BCUT2D eigenvalue weighted by atomic mass is 16.5. The van der Waals surface area contributed by atoms with Crippen LogP contribution in [0.1, 0.15) is 26.5 Å². The minimum absolute atomic E-state index is 0.229. The molecule has 2 aromatic carbocycles.